The quantitative estimate of drug-likeness (QED) is 0.592. The number of anilines is 1. The van der Waals surface area contributed by atoms with Crippen LogP contribution in [0, 0.1) is 16.7 Å². The van der Waals surface area contributed by atoms with Crippen molar-refractivity contribution in [3.05, 3.63) is 57.1 Å². The first kappa shape index (κ1) is 21.9. The molecule has 5 nitrogen and oxygen atoms in total. The van der Waals surface area contributed by atoms with Gasteiger partial charge in [0.05, 0.1) is 12.7 Å². The summed E-state index contributed by atoms with van der Waals surface area (Å²) in [5.74, 6) is 0.488. The highest BCUT2D eigenvalue weighted by Crippen LogP contribution is 2.51. The number of Topliss-reactive ketones (excluding diaryl/α,β-unsaturated/α-hetero) is 1. The van der Waals surface area contributed by atoms with Crippen LogP contribution in [0.25, 0.3) is 0 Å². The molecule has 1 atom stereocenters. The molecule has 0 fully saturated rings. The molecule has 2 heterocycles. The van der Waals surface area contributed by atoms with Gasteiger partial charge in [-0.05, 0) is 60.8 Å². The van der Waals surface area contributed by atoms with E-state index in [0.29, 0.717) is 24.2 Å². The van der Waals surface area contributed by atoms with Crippen molar-refractivity contribution in [2.45, 2.75) is 64.7 Å². The summed E-state index contributed by atoms with van der Waals surface area (Å²) >= 11 is 1.57. The fourth-order valence-electron chi connectivity index (χ4n) is 5.62. The molecule has 0 unspecified atom stereocenters. The van der Waals surface area contributed by atoms with Crippen molar-refractivity contribution in [2.24, 2.45) is 5.41 Å². The average Bonchev–Trinajstić information content (AvgIpc) is 3.15. The van der Waals surface area contributed by atoms with Gasteiger partial charge in [0, 0.05) is 34.9 Å². The molecule has 2 aromatic rings. The molecule has 2 aliphatic carbocycles. The number of rotatable bonds is 3. The number of allylic oxidation sites excluding steroid dienone is 2. The summed E-state index contributed by atoms with van der Waals surface area (Å²) in [6.07, 6.45) is 5.34. The summed E-state index contributed by atoms with van der Waals surface area (Å²) in [4.78, 5) is 30.2. The Hall–Kier alpha value is -2.91. The second kappa shape index (κ2) is 8.14. The largest absolute Gasteiger partial charge is 0.497 e. The van der Waals surface area contributed by atoms with E-state index < -0.39 is 0 Å². The molecule has 0 radical (unpaired) electrons. The van der Waals surface area contributed by atoms with Gasteiger partial charge in [0.15, 0.2) is 5.78 Å². The summed E-state index contributed by atoms with van der Waals surface area (Å²) in [6.45, 7) is 4.16. The van der Waals surface area contributed by atoms with Crippen molar-refractivity contribution in [1.82, 2.24) is 0 Å². The molecule has 1 aromatic heterocycles. The minimum atomic E-state index is -0.289. The van der Waals surface area contributed by atoms with Crippen LogP contribution in [0.1, 0.15) is 73.4 Å². The number of carbonyl (C=O) groups excluding carboxylic acids is 2. The van der Waals surface area contributed by atoms with E-state index in [4.69, 9.17) is 4.74 Å². The van der Waals surface area contributed by atoms with Gasteiger partial charge in [-0.15, -0.1) is 11.3 Å². The maximum atomic E-state index is 13.7. The molecule has 1 amide bonds. The molecule has 170 valence electrons. The molecule has 0 saturated heterocycles. The van der Waals surface area contributed by atoms with Crippen molar-refractivity contribution >= 4 is 28.0 Å². The number of thiophene rings is 1. The third kappa shape index (κ3) is 3.69. The van der Waals surface area contributed by atoms with Crippen LogP contribution in [-0.4, -0.2) is 18.8 Å². The van der Waals surface area contributed by atoms with Crippen LogP contribution in [0.15, 0.2) is 35.5 Å². The highest BCUT2D eigenvalue weighted by atomic mass is 32.1. The van der Waals surface area contributed by atoms with E-state index in [1.807, 2.05) is 24.3 Å². The SMILES string of the molecule is COc1cccc([C@H]2CC(=O)N(c3sc4c(c3C#N)CCCC4)C3=C2C(=O)CC(C)(C)C3)c1. The van der Waals surface area contributed by atoms with Crippen molar-refractivity contribution in [1.29, 1.82) is 5.26 Å². The standard InChI is InChI=1S/C27H28N2O3S/c1-27(2)13-21-25(22(30)14-27)19(16-7-6-8-17(11-16)32-3)12-24(31)29(21)26-20(15-28)18-9-4-5-10-23(18)33-26/h6-8,11,19H,4-5,9-10,12-14H2,1-3H3/t19-/m1/s1. The van der Waals surface area contributed by atoms with E-state index in [1.54, 1.807) is 23.3 Å². The van der Waals surface area contributed by atoms with Gasteiger partial charge in [0.2, 0.25) is 5.91 Å². The number of ether oxygens (including phenoxy) is 1. The van der Waals surface area contributed by atoms with E-state index in [1.165, 1.54) is 4.88 Å². The van der Waals surface area contributed by atoms with Gasteiger partial charge < -0.3 is 4.74 Å². The van der Waals surface area contributed by atoms with Crippen molar-refractivity contribution in [3.8, 4) is 11.8 Å². The fraction of sp³-hybridized carbons (Fsp3) is 0.444. The average molecular weight is 461 g/mol. The van der Waals surface area contributed by atoms with E-state index in [-0.39, 0.29) is 29.4 Å². The Morgan fingerprint density at radius 2 is 1.97 bits per heavy atom. The molecular weight excluding hydrogens is 432 g/mol. The number of nitrogens with zero attached hydrogens (tertiary/aromatic N) is 2. The Kier molecular flexibility index (Phi) is 5.41. The van der Waals surface area contributed by atoms with E-state index in [0.717, 1.165) is 53.1 Å². The predicted octanol–water partition coefficient (Wildman–Crippen LogP) is 5.67. The summed E-state index contributed by atoms with van der Waals surface area (Å²) in [5.41, 5.74) is 3.94. The molecule has 0 spiro atoms. The van der Waals surface area contributed by atoms with E-state index in [9.17, 15) is 14.9 Å². The number of amides is 1. The molecule has 1 aliphatic heterocycles. The molecule has 33 heavy (non-hydrogen) atoms. The number of carbonyl (C=O) groups is 2. The van der Waals surface area contributed by atoms with Gasteiger partial charge >= 0.3 is 0 Å². The second-order valence-electron chi connectivity index (χ2n) is 10.1. The van der Waals surface area contributed by atoms with Gasteiger partial charge in [-0.25, -0.2) is 0 Å². The van der Waals surface area contributed by atoms with Gasteiger partial charge in [0.1, 0.15) is 16.8 Å². The van der Waals surface area contributed by atoms with E-state index in [2.05, 4.69) is 19.9 Å². The normalized spacial score (nSPS) is 22.0. The summed E-state index contributed by atoms with van der Waals surface area (Å²) < 4.78 is 5.41. The van der Waals surface area contributed by atoms with Crippen LogP contribution in [0.3, 0.4) is 0 Å². The Bertz CT molecular complexity index is 1230. The first-order valence-corrected chi connectivity index (χ1v) is 12.4. The minimum absolute atomic E-state index is 0.0397. The smallest absolute Gasteiger partial charge is 0.232 e. The monoisotopic (exact) mass is 460 g/mol. The maximum absolute atomic E-state index is 13.7. The van der Waals surface area contributed by atoms with Crippen LogP contribution in [0.5, 0.6) is 5.75 Å². The summed E-state index contributed by atoms with van der Waals surface area (Å²) in [6, 6.07) is 10.1. The van der Waals surface area contributed by atoms with Crippen LogP contribution in [0.2, 0.25) is 0 Å². The predicted molar refractivity (Wildman–Crippen MR) is 129 cm³/mol. The Balaban J connectivity index is 1.70. The number of fused-ring (bicyclic) bond motifs is 1. The number of benzene rings is 1. The lowest BCUT2D eigenvalue weighted by Gasteiger charge is -2.42. The molecule has 0 bridgehead atoms. The number of ketones is 1. The molecule has 0 saturated carbocycles. The first-order valence-electron chi connectivity index (χ1n) is 11.6. The molecular formula is C27H28N2O3S. The molecule has 6 heteroatoms. The first-order chi connectivity index (χ1) is 15.8. The Morgan fingerprint density at radius 3 is 2.73 bits per heavy atom. The third-order valence-corrected chi connectivity index (χ3v) is 8.38. The third-order valence-electron chi connectivity index (χ3n) is 7.11. The Labute approximate surface area is 198 Å². The molecule has 0 N–H and O–H groups in total. The van der Waals surface area contributed by atoms with Crippen molar-refractivity contribution in [3.63, 3.8) is 0 Å². The number of hydrogen-bond acceptors (Lipinski definition) is 5. The summed E-state index contributed by atoms with van der Waals surface area (Å²) in [5, 5.41) is 10.8. The van der Waals surface area contributed by atoms with Crippen LogP contribution in [0.4, 0.5) is 5.00 Å². The van der Waals surface area contributed by atoms with Gasteiger partial charge in [-0.2, -0.15) is 5.26 Å². The maximum Gasteiger partial charge on any atom is 0.232 e. The number of hydrogen-bond donors (Lipinski definition) is 0. The zero-order valence-corrected chi connectivity index (χ0v) is 20.2. The lowest BCUT2D eigenvalue weighted by atomic mass is 9.69. The minimum Gasteiger partial charge on any atom is -0.497 e. The topological polar surface area (TPSA) is 70.4 Å². The van der Waals surface area contributed by atoms with Gasteiger partial charge in [-0.3, -0.25) is 14.5 Å². The lowest BCUT2D eigenvalue weighted by molar-refractivity contribution is -0.120. The highest BCUT2D eigenvalue weighted by molar-refractivity contribution is 7.16. The van der Waals surface area contributed by atoms with Crippen LogP contribution < -0.4 is 9.64 Å². The highest BCUT2D eigenvalue weighted by Gasteiger charge is 2.45. The number of methoxy groups -OCH3 is 1. The van der Waals surface area contributed by atoms with E-state index >= 15 is 0 Å². The fourth-order valence-corrected chi connectivity index (χ4v) is 7.00. The lowest BCUT2D eigenvalue weighted by Crippen LogP contribution is -2.43. The van der Waals surface area contributed by atoms with Crippen LogP contribution >= 0.6 is 11.3 Å². The second-order valence-corrected chi connectivity index (χ2v) is 11.2. The number of aryl methyl sites for hydroxylation is 1. The molecule has 3 aliphatic rings. The Morgan fingerprint density at radius 1 is 1.18 bits per heavy atom. The zero-order valence-electron chi connectivity index (χ0n) is 19.4. The molecule has 1 aromatic carbocycles. The van der Waals surface area contributed by atoms with Gasteiger partial charge in [0.25, 0.3) is 0 Å². The number of nitriles is 1. The molecule has 5 rings (SSSR count). The van der Waals surface area contributed by atoms with Crippen LogP contribution in [-0.2, 0) is 22.4 Å². The zero-order chi connectivity index (χ0) is 23.3. The van der Waals surface area contributed by atoms with Gasteiger partial charge in [-0.1, -0.05) is 26.0 Å². The van der Waals surface area contributed by atoms with Crippen molar-refractivity contribution in [2.75, 3.05) is 12.0 Å². The van der Waals surface area contributed by atoms with Crippen molar-refractivity contribution < 1.29 is 14.3 Å². The summed E-state index contributed by atoms with van der Waals surface area (Å²) in [7, 11) is 1.62.